The molecule has 4 nitrogen and oxygen atoms in total. The molecular formula is C11H11NO3S. The number of aliphatic carboxylic acids is 1. The standard InChI is InChI=1S/C11H11NO3S/c1-7-2-4-9(15-7)11-12-6-8(16-11)3-5-10(13)14/h2,4,6H,3,5H2,1H3,(H,13,14). The quantitative estimate of drug-likeness (QED) is 0.888. The number of hydrogen-bond acceptors (Lipinski definition) is 4. The van der Waals surface area contributed by atoms with Gasteiger partial charge in [0, 0.05) is 11.1 Å². The van der Waals surface area contributed by atoms with Crippen molar-refractivity contribution in [1.82, 2.24) is 4.98 Å². The molecule has 0 atom stereocenters. The topological polar surface area (TPSA) is 63.3 Å². The molecule has 0 aliphatic carbocycles. The average Bonchev–Trinajstić information content (AvgIpc) is 2.83. The zero-order valence-corrected chi connectivity index (χ0v) is 9.58. The van der Waals surface area contributed by atoms with Crippen molar-refractivity contribution >= 4 is 17.3 Å². The van der Waals surface area contributed by atoms with Gasteiger partial charge in [-0.05, 0) is 25.5 Å². The molecular weight excluding hydrogens is 226 g/mol. The third-order valence-corrected chi connectivity index (χ3v) is 3.16. The third-order valence-electron chi connectivity index (χ3n) is 2.09. The van der Waals surface area contributed by atoms with Gasteiger partial charge in [-0.15, -0.1) is 11.3 Å². The fourth-order valence-electron chi connectivity index (χ4n) is 1.32. The van der Waals surface area contributed by atoms with Crippen LogP contribution >= 0.6 is 11.3 Å². The van der Waals surface area contributed by atoms with E-state index in [1.54, 1.807) is 6.20 Å². The monoisotopic (exact) mass is 237 g/mol. The Hall–Kier alpha value is -1.62. The van der Waals surface area contributed by atoms with Crippen molar-refractivity contribution in [3.63, 3.8) is 0 Å². The first-order valence-electron chi connectivity index (χ1n) is 4.88. The fraction of sp³-hybridized carbons (Fsp3) is 0.273. The summed E-state index contributed by atoms with van der Waals surface area (Å²) in [5.74, 6) is 0.796. The van der Waals surface area contributed by atoms with Crippen molar-refractivity contribution in [3.05, 3.63) is 29.0 Å². The molecule has 2 rings (SSSR count). The first-order chi connectivity index (χ1) is 7.65. The molecule has 0 aliphatic rings. The van der Waals surface area contributed by atoms with E-state index in [-0.39, 0.29) is 6.42 Å². The van der Waals surface area contributed by atoms with E-state index in [0.29, 0.717) is 6.42 Å². The van der Waals surface area contributed by atoms with E-state index in [0.717, 1.165) is 21.4 Å². The number of thiazole rings is 1. The average molecular weight is 237 g/mol. The zero-order chi connectivity index (χ0) is 11.5. The predicted molar refractivity (Wildman–Crippen MR) is 60.5 cm³/mol. The SMILES string of the molecule is Cc1ccc(-c2ncc(CCC(=O)O)s2)o1. The van der Waals surface area contributed by atoms with Crippen LogP contribution in [-0.4, -0.2) is 16.1 Å². The van der Waals surface area contributed by atoms with Gasteiger partial charge in [0.15, 0.2) is 10.8 Å². The molecule has 2 aromatic rings. The van der Waals surface area contributed by atoms with Crippen LogP contribution in [0.2, 0.25) is 0 Å². The molecule has 0 bridgehead atoms. The largest absolute Gasteiger partial charge is 0.481 e. The summed E-state index contributed by atoms with van der Waals surface area (Å²) in [6.07, 6.45) is 2.37. The number of hydrogen-bond donors (Lipinski definition) is 1. The van der Waals surface area contributed by atoms with Gasteiger partial charge in [-0.25, -0.2) is 4.98 Å². The van der Waals surface area contributed by atoms with Crippen LogP contribution in [0, 0.1) is 6.92 Å². The molecule has 0 saturated heterocycles. The highest BCUT2D eigenvalue weighted by Gasteiger charge is 2.09. The maximum absolute atomic E-state index is 10.4. The van der Waals surface area contributed by atoms with Crippen LogP contribution in [0.3, 0.4) is 0 Å². The van der Waals surface area contributed by atoms with Gasteiger partial charge in [0.1, 0.15) is 5.76 Å². The summed E-state index contributed by atoms with van der Waals surface area (Å²) in [6, 6.07) is 3.75. The molecule has 0 aromatic carbocycles. The highest BCUT2D eigenvalue weighted by molar-refractivity contribution is 7.14. The van der Waals surface area contributed by atoms with Crippen molar-refractivity contribution in [3.8, 4) is 10.8 Å². The zero-order valence-electron chi connectivity index (χ0n) is 8.77. The van der Waals surface area contributed by atoms with Crippen molar-refractivity contribution in [2.24, 2.45) is 0 Å². The number of aryl methyl sites for hydroxylation is 2. The Bertz CT molecular complexity index is 501. The molecule has 1 N–H and O–H groups in total. The second kappa shape index (κ2) is 4.49. The molecule has 5 heteroatoms. The number of carboxylic acid groups (broad SMARTS) is 1. The number of furan rings is 1. The maximum Gasteiger partial charge on any atom is 0.303 e. The van der Waals surface area contributed by atoms with Gasteiger partial charge in [-0.2, -0.15) is 0 Å². The minimum atomic E-state index is -0.788. The Balaban J connectivity index is 2.10. The summed E-state index contributed by atoms with van der Waals surface area (Å²) in [4.78, 5) is 15.6. The molecule has 0 fully saturated rings. The van der Waals surface area contributed by atoms with E-state index in [4.69, 9.17) is 9.52 Å². The smallest absolute Gasteiger partial charge is 0.303 e. The Morgan fingerprint density at radius 3 is 3.00 bits per heavy atom. The third kappa shape index (κ3) is 2.49. The molecule has 2 aromatic heterocycles. The maximum atomic E-state index is 10.4. The number of carboxylic acids is 1. The van der Waals surface area contributed by atoms with E-state index < -0.39 is 5.97 Å². The van der Waals surface area contributed by atoms with Crippen LogP contribution in [0.5, 0.6) is 0 Å². The van der Waals surface area contributed by atoms with Crippen LogP contribution < -0.4 is 0 Å². The summed E-state index contributed by atoms with van der Waals surface area (Å²) in [5, 5.41) is 9.37. The van der Waals surface area contributed by atoms with E-state index in [1.807, 2.05) is 19.1 Å². The normalized spacial score (nSPS) is 10.6. The van der Waals surface area contributed by atoms with Gasteiger partial charge in [-0.1, -0.05) is 0 Å². The minimum Gasteiger partial charge on any atom is -0.481 e. The van der Waals surface area contributed by atoms with Crippen molar-refractivity contribution in [1.29, 1.82) is 0 Å². The second-order valence-electron chi connectivity index (χ2n) is 3.44. The van der Waals surface area contributed by atoms with E-state index in [2.05, 4.69) is 4.98 Å². The molecule has 0 amide bonds. The van der Waals surface area contributed by atoms with Crippen LogP contribution in [0.4, 0.5) is 0 Å². The van der Waals surface area contributed by atoms with Crippen LogP contribution in [0.15, 0.2) is 22.7 Å². The molecule has 0 saturated carbocycles. The fourth-order valence-corrected chi connectivity index (χ4v) is 2.19. The number of aromatic nitrogens is 1. The number of carbonyl (C=O) groups is 1. The van der Waals surface area contributed by atoms with Crippen molar-refractivity contribution < 1.29 is 14.3 Å². The summed E-state index contributed by atoms with van der Waals surface area (Å²) in [7, 11) is 0. The summed E-state index contributed by atoms with van der Waals surface area (Å²) in [5.41, 5.74) is 0. The number of rotatable bonds is 4. The van der Waals surface area contributed by atoms with Crippen molar-refractivity contribution in [2.45, 2.75) is 19.8 Å². The van der Waals surface area contributed by atoms with Gasteiger partial charge >= 0.3 is 5.97 Å². The highest BCUT2D eigenvalue weighted by atomic mass is 32.1. The van der Waals surface area contributed by atoms with Crippen molar-refractivity contribution in [2.75, 3.05) is 0 Å². The van der Waals surface area contributed by atoms with Gasteiger partial charge < -0.3 is 9.52 Å². The molecule has 2 heterocycles. The van der Waals surface area contributed by atoms with Gasteiger partial charge in [-0.3, -0.25) is 4.79 Å². The molecule has 16 heavy (non-hydrogen) atoms. The molecule has 0 radical (unpaired) electrons. The highest BCUT2D eigenvalue weighted by Crippen LogP contribution is 2.27. The minimum absolute atomic E-state index is 0.138. The van der Waals surface area contributed by atoms with Gasteiger partial charge in [0.25, 0.3) is 0 Å². The predicted octanol–water partition coefficient (Wildman–Crippen LogP) is 2.73. The Labute approximate surface area is 96.6 Å². The lowest BCUT2D eigenvalue weighted by molar-refractivity contribution is -0.136. The lowest BCUT2D eigenvalue weighted by atomic mass is 10.3. The van der Waals surface area contributed by atoms with Crippen LogP contribution in [-0.2, 0) is 11.2 Å². The first kappa shape index (κ1) is 10.9. The summed E-state index contributed by atoms with van der Waals surface area (Å²) < 4.78 is 5.44. The number of nitrogens with zero attached hydrogens (tertiary/aromatic N) is 1. The Morgan fingerprint density at radius 1 is 1.56 bits per heavy atom. The molecule has 0 unspecified atom stereocenters. The van der Waals surface area contributed by atoms with Gasteiger partial charge in [0.05, 0.1) is 6.42 Å². The van der Waals surface area contributed by atoms with E-state index in [1.165, 1.54) is 11.3 Å². The Kier molecular flexibility index (Phi) is 3.05. The second-order valence-corrected chi connectivity index (χ2v) is 4.55. The molecule has 0 aliphatic heterocycles. The van der Waals surface area contributed by atoms with Crippen LogP contribution in [0.25, 0.3) is 10.8 Å². The van der Waals surface area contributed by atoms with E-state index in [9.17, 15) is 4.79 Å². The van der Waals surface area contributed by atoms with Crippen LogP contribution in [0.1, 0.15) is 17.1 Å². The summed E-state index contributed by atoms with van der Waals surface area (Å²) in [6.45, 7) is 1.88. The van der Waals surface area contributed by atoms with E-state index >= 15 is 0 Å². The molecule has 84 valence electrons. The summed E-state index contributed by atoms with van der Waals surface area (Å²) >= 11 is 1.47. The first-order valence-corrected chi connectivity index (χ1v) is 5.70. The lowest BCUT2D eigenvalue weighted by Crippen LogP contribution is -1.95. The lowest BCUT2D eigenvalue weighted by Gasteiger charge is -1.90. The Morgan fingerprint density at radius 2 is 2.38 bits per heavy atom. The van der Waals surface area contributed by atoms with Gasteiger partial charge in [0.2, 0.25) is 0 Å². The molecule has 0 spiro atoms.